The van der Waals surface area contributed by atoms with Crippen LogP contribution >= 0.6 is 0 Å². The summed E-state index contributed by atoms with van der Waals surface area (Å²) in [6.07, 6.45) is 2.12. The van der Waals surface area contributed by atoms with Crippen LogP contribution in [0.15, 0.2) is 72.9 Å². The van der Waals surface area contributed by atoms with Gasteiger partial charge in [-0.15, -0.1) is 0 Å². The number of benzene rings is 2. The number of anilines is 1. The average molecular weight is 402 g/mol. The molecule has 2 heterocycles. The lowest BCUT2D eigenvalue weighted by atomic mass is 10.1. The lowest BCUT2D eigenvalue weighted by Crippen LogP contribution is -2.18. The van der Waals surface area contributed by atoms with Gasteiger partial charge in [-0.3, -0.25) is 9.88 Å². The van der Waals surface area contributed by atoms with Gasteiger partial charge in [-0.1, -0.05) is 36.4 Å². The average Bonchev–Trinajstić information content (AvgIpc) is 3.13. The van der Waals surface area contributed by atoms with Gasteiger partial charge in [-0.05, 0) is 42.8 Å². The zero-order chi connectivity index (χ0) is 20.9. The molecule has 4 rings (SSSR count). The van der Waals surface area contributed by atoms with Crippen LogP contribution in [-0.2, 0) is 6.42 Å². The zero-order valence-electron chi connectivity index (χ0n) is 16.5. The van der Waals surface area contributed by atoms with Crippen molar-refractivity contribution in [2.75, 3.05) is 19.0 Å². The van der Waals surface area contributed by atoms with Gasteiger partial charge in [0.1, 0.15) is 5.75 Å². The Kier molecular flexibility index (Phi) is 5.63. The van der Waals surface area contributed by atoms with Gasteiger partial charge in [0.15, 0.2) is 5.82 Å². The van der Waals surface area contributed by atoms with E-state index in [4.69, 9.17) is 15.2 Å². The molecule has 7 nitrogen and oxygen atoms in total. The molecule has 1 amide bonds. The second-order valence-electron chi connectivity index (χ2n) is 6.63. The maximum atomic E-state index is 12.5. The van der Waals surface area contributed by atoms with E-state index in [1.165, 1.54) is 0 Å². The Bertz CT molecular complexity index is 1170. The van der Waals surface area contributed by atoms with Gasteiger partial charge >= 0.3 is 6.09 Å². The van der Waals surface area contributed by atoms with E-state index in [0.717, 1.165) is 22.9 Å². The van der Waals surface area contributed by atoms with Gasteiger partial charge in [-0.2, -0.15) is 4.98 Å². The molecule has 0 spiro atoms. The van der Waals surface area contributed by atoms with Crippen LogP contribution in [0.2, 0.25) is 0 Å². The number of aromatic nitrogens is 2. The third-order valence-corrected chi connectivity index (χ3v) is 4.69. The summed E-state index contributed by atoms with van der Waals surface area (Å²) >= 11 is 0. The van der Waals surface area contributed by atoms with Crippen molar-refractivity contribution in [2.45, 2.75) is 6.42 Å². The van der Waals surface area contributed by atoms with E-state index in [0.29, 0.717) is 29.7 Å². The lowest BCUT2D eigenvalue weighted by molar-refractivity contribution is 0.215. The van der Waals surface area contributed by atoms with Gasteiger partial charge in [0.2, 0.25) is 5.88 Å². The van der Waals surface area contributed by atoms with E-state index in [2.05, 4.69) is 10.3 Å². The van der Waals surface area contributed by atoms with E-state index in [1.807, 2.05) is 41.1 Å². The summed E-state index contributed by atoms with van der Waals surface area (Å²) in [5.74, 6) is 1.42. The first kappa shape index (κ1) is 19.5. The summed E-state index contributed by atoms with van der Waals surface area (Å²) in [5.41, 5.74) is 8.36. The summed E-state index contributed by atoms with van der Waals surface area (Å²) in [5, 5.41) is 3.88. The molecule has 0 bridgehead atoms. The quantitative estimate of drug-likeness (QED) is 0.506. The first-order valence-electron chi connectivity index (χ1n) is 9.58. The molecule has 0 radical (unpaired) electrons. The number of nitrogens with two attached hydrogens (primary N) is 1. The third-order valence-electron chi connectivity index (χ3n) is 4.69. The lowest BCUT2D eigenvalue weighted by Gasteiger charge is -2.13. The van der Waals surface area contributed by atoms with Crippen molar-refractivity contribution in [3.63, 3.8) is 0 Å². The molecule has 0 saturated carbocycles. The number of methoxy groups -OCH3 is 1. The summed E-state index contributed by atoms with van der Waals surface area (Å²) in [6.45, 7) is 0.536. The molecule has 0 aliphatic rings. The van der Waals surface area contributed by atoms with Crippen molar-refractivity contribution in [1.82, 2.24) is 9.55 Å². The molecular weight excluding hydrogens is 380 g/mol. The molecule has 30 heavy (non-hydrogen) atoms. The maximum Gasteiger partial charge on any atom is 0.417 e. The van der Waals surface area contributed by atoms with E-state index in [1.54, 1.807) is 43.5 Å². The monoisotopic (exact) mass is 402 g/mol. The van der Waals surface area contributed by atoms with Gasteiger partial charge < -0.3 is 15.2 Å². The fourth-order valence-electron chi connectivity index (χ4n) is 3.34. The summed E-state index contributed by atoms with van der Waals surface area (Å²) in [7, 11) is 1.55. The highest BCUT2D eigenvalue weighted by molar-refractivity contribution is 5.91. The number of carbonyl (C=O) groups is 1. The van der Waals surface area contributed by atoms with Crippen molar-refractivity contribution in [1.29, 1.82) is 0 Å². The molecule has 0 aliphatic carbocycles. The minimum absolute atomic E-state index is 0.435. The Hall–Kier alpha value is -3.84. The number of nitrogens with zero attached hydrogens (tertiary/aromatic N) is 2. The van der Waals surface area contributed by atoms with Crippen molar-refractivity contribution in [3.05, 3.63) is 78.5 Å². The fourth-order valence-corrected chi connectivity index (χ4v) is 3.34. The van der Waals surface area contributed by atoms with Crippen molar-refractivity contribution >= 4 is 22.7 Å². The van der Waals surface area contributed by atoms with Crippen molar-refractivity contribution in [2.24, 2.45) is 5.73 Å². The Morgan fingerprint density at radius 3 is 2.60 bits per heavy atom. The Balaban J connectivity index is 1.74. The second kappa shape index (κ2) is 8.67. The van der Waals surface area contributed by atoms with E-state index >= 15 is 0 Å². The molecule has 7 heteroatoms. The van der Waals surface area contributed by atoms with Crippen LogP contribution in [0.5, 0.6) is 11.6 Å². The van der Waals surface area contributed by atoms with E-state index in [-0.39, 0.29) is 0 Å². The normalized spacial score (nSPS) is 10.7. The van der Waals surface area contributed by atoms with E-state index in [9.17, 15) is 4.79 Å². The number of pyridine rings is 1. The summed E-state index contributed by atoms with van der Waals surface area (Å²) < 4.78 is 12.6. The Labute approximate surface area is 174 Å². The number of nitrogens with one attached hydrogen (secondary N) is 1. The molecule has 0 atom stereocenters. The predicted octanol–water partition coefficient (Wildman–Crippen LogP) is 4.15. The SMILES string of the molecule is COc1ccc(NC(=O)Oc2ccccc2)c(-n2cc(CCN)c3ccccc32)n1. The Morgan fingerprint density at radius 1 is 1.07 bits per heavy atom. The smallest absolute Gasteiger partial charge is 0.417 e. The zero-order valence-corrected chi connectivity index (χ0v) is 16.5. The molecule has 0 unspecified atom stereocenters. The first-order valence-corrected chi connectivity index (χ1v) is 9.58. The van der Waals surface area contributed by atoms with Crippen LogP contribution in [0.3, 0.4) is 0 Å². The predicted molar refractivity (Wildman–Crippen MR) is 116 cm³/mol. The standard InChI is InChI=1S/C23H22N4O3/c1-29-21-12-11-19(25-23(28)30-17-7-3-2-4-8-17)22(26-21)27-15-16(13-14-24)18-9-5-6-10-20(18)27/h2-12,15H,13-14,24H2,1H3,(H,25,28). The minimum atomic E-state index is -0.604. The van der Waals surface area contributed by atoms with Crippen LogP contribution < -0.4 is 20.5 Å². The molecule has 4 aromatic rings. The number of para-hydroxylation sites is 2. The molecule has 0 aliphatic heterocycles. The highest BCUT2D eigenvalue weighted by atomic mass is 16.6. The third kappa shape index (κ3) is 3.97. The number of amides is 1. The molecule has 3 N–H and O–H groups in total. The number of hydrogen-bond donors (Lipinski definition) is 2. The summed E-state index contributed by atoms with van der Waals surface area (Å²) in [4.78, 5) is 17.1. The van der Waals surface area contributed by atoms with Gasteiger partial charge in [-0.25, -0.2) is 4.79 Å². The maximum absolute atomic E-state index is 12.5. The molecule has 152 valence electrons. The number of carbonyl (C=O) groups excluding carboxylic acids is 1. The number of rotatable bonds is 6. The topological polar surface area (TPSA) is 91.4 Å². The van der Waals surface area contributed by atoms with Crippen LogP contribution in [0, 0.1) is 0 Å². The molecule has 2 aromatic heterocycles. The van der Waals surface area contributed by atoms with Crippen LogP contribution in [0.25, 0.3) is 16.7 Å². The van der Waals surface area contributed by atoms with Crippen molar-refractivity contribution < 1.29 is 14.3 Å². The summed E-state index contributed by atoms with van der Waals surface area (Å²) in [6, 6.07) is 20.3. The molecule has 0 fully saturated rings. The highest BCUT2D eigenvalue weighted by Gasteiger charge is 2.16. The van der Waals surface area contributed by atoms with Gasteiger partial charge in [0.25, 0.3) is 0 Å². The molecule has 2 aromatic carbocycles. The van der Waals surface area contributed by atoms with Crippen LogP contribution in [0.4, 0.5) is 10.5 Å². The minimum Gasteiger partial charge on any atom is -0.481 e. The van der Waals surface area contributed by atoms with Crippen molar-refractivity contribution in [3.8, 4) is 17.4 Å². The van der Waals surface area contributed by atoms with E-state index < -0.39 is 6.09 Å². The number of ether oxygens (including phenoxy) is 2. The highest BCUT2D eigenvalue weighted by Crippen LogP contribution is 2.29. The number of hydrogen-bond acceptors (Lipinski definition) is 5. The fraction of sp³-hybridized carbons (Fsp3) is 0.130. The van der Waals surface area contributed by atoms with Crippen LogP contribution in [0.1, 0.15) is 5.56 Å². The van der Waals surface area contributed by atoms with Crippen LogP contribution in [-0.4, -0.2) is 29.3 Å². The molecule has 0 saturated heterocycles. The number of fused-ring (bicyclic) bond motifs is 1. The first-order chi connectivity index (χ1) is 14.7. The Morgan fingerprint density at radius 2 is 1.83 bits per heavy atom. The largest absolute Gasteiger partial charge is 0.481 e. The molecular formula is C23H22N4O3. The van der Waals surface area contributed by atoms with Gasteiger partial charge in [0.05, 0.1) is 18.3 Å². The second-order valence-corrected chi connectivity index (χ2v) is 6.63. The van der Waals surface area contributed by atoms with Gasteiger partial charge in [0, 0.05) is 17.6 Å².